The van der Waals surface area contributed by atoms with Crippen molar-refractivity contribution in [1.82, 2.24) is 10.2 Å². The van der Waals surface area contributed by atoms with Crippen LogP contribution in [0.5, 0.6) is 0 Å². The number of benzene rings is 2. The number of hydrogen-bond donors (Lipinski definition) is 2. The van der Waals surface area contributed by atoms with Gasteiger partial charge in [0.1, 0.15) is 5.82 Å². The fraction of sp³-hybridized carbons (Fsp3) is 0.417. The Morgan fingerprint density at radius 3 is 2.17 bits per heavy atom. The fourth-order valence-corrected chi connectivity index (χ4v) is 5.71. The molecule has 0 bridgehead atoms. The van der Waals surface area contributed by atoms with E-state index >= 15 is 0 Å². The zero-order valence-corrected chi connectivity index (χ0v) is 19.9. The average Bonchev–Trinajstić information content (AvgIpc) is 2.78. The number of piperidine rings is 2. The Labute approximate surface area is 209 Å². The molecule has 0 saturated carbocycles. The largest absolute Gasteiger partial charge is 0.430 e. The molecule has 11 heteroatoms. The second-order valence-electron chi connectivity index (χ2n) is 9.11. The summed E-state index contributed by atoms with van der Waals surface area (Å²) in [4.78, 5) is 26.4. The molecule has 2 amide bonds. The van der Waals surface area contributed by atoms with Crippen molar-refractivity contribution in [2.24, 2.45) is 5.41 Å². The van der Waals surface area contributed by atoms with Gasteiger partial charge < -0.3 is 15.3 Å². The molecule has 35 heavy (non-hydrogen) atoms. The highest BCUT2D eigenvalue weighted by atomic mass is 35.5. The number of amides is 2. The first kappa shape index (κ1) is 25.7. The van der Waals surface area contributed by atoms with E-state index in [1.54, 1.807) is 12.1 Å². The van der Waals surface area contributed by atoms with Crippen LogP contribution in [0.4, 0.5) is 17.6 Å². The maximum absolute atomic E-state index is 14.1. The lowest BCUT2D eigenvalue weighted by atomic mass is 9.62. The number of hydrogen-bond acceptors (Lipinski definition) is 3. The molecular formula is C24H22Cl2F4N2O3. The molecule has 2 aromatic rings. The van der Waals surface area contributed by atoms with Gasteiger partial charge in [-0.25, -0.2) is 4.39 Å². The molecule has 188 valence electrons. The summed E-state index contributed by atoms with van der Waals surface area (Å²) in [5.74, 6) is -2.33. The normalized spacial score (nSPS) is 22.0. The van der Waals surface area contributed by atoms with Crippen LogP contribution < -0.4 is 5.32 Å². The quantitative estimate of drug-likeness (QED) is 0.558. The molecule has 5 nitrogen and oxygen atoms in total. The van der Waals surface area contributed by atoms with Gasteiger partial charge in [-0.2, -0.15) is 13.2 Å². The summed E-state index contributed by atoms with van der Waals surface area (Å²) < 4.78 is 55.8. The summed E-state index contributed by atoms with van der Waals surface area (Å²) in [5, 5.41) is 13.2. The van der Waals surface area contributed by atoms with Crippen molar-refractivity contribution in [3.05, 3.63) is 69.5 Å². The monoisotopic (exact) mass is 532 g/mol. The standard InChI is InChI=1S/C24H22Cl2F4N2O3/c25-16-9-15(10-17(26)11-16)23(35,24(28,29)30)21(34)32-7-5-22(6-8-32)12-20(33)31-13-19(22)14-1-3-18(27)4-2-14/h1-4,9-11,19,35H,5-8,12-13H2,(H,31,33)/t19-,23?/m0/s1. The van der Waals surface area contributed by atoms with Gasteiger partial charge in [0.2, 0.25) is 5.91 Å². The summed E-state index contributed by atoms with van der Waals surface area (Å²) in [6, 6.07) is 8.81. The minimum atomic E-state index is -5.34. The second kappa shape index (κ2) is 9.26. The van der Waals surface area contributed by atoms with E-state index < -0.39 is 34.5 Å². The number of nitrogens with one attached hydrogen (secondary N) is 1. The van der Waals surface area contributed by atoms with E-state index in [1.165, 1.54) is 18.2 Å². The lowest BCUT2D eigenvalue weighted by Crippen LogP contribution is -2.59. The van der Waals surface area contributed by atoms with Crippen LogP contribution in [-0.4, -0.2) is 47.6 Å². The highest BCUT2D eigenvalue weighted by molar-refractivity contribution is 6.34. The molecule has 1 unspecified atom stereocenters. The van der Waals surface area contributed by atoms with Gasteiger partial charge in [0.05, 0.1) is 0 Å². The van der Waals surface area contributed by atoms with Crippen LogP contribution in [0.3, 0.4) is 0 Å². The van der Waals surface area contributed by atoms with E-state index in [-0.39, 0.29) is 54.2 Å². The number of halogens is 6. The third-order valence-corrected chi connectivity index (χ3v) is 7.51. The number of aliphatic hydroxyl groups is 1. The first-order chi connectivity index (χ1) is 16.4. The predicted molar refractivity (Wildman–Crippen MR) is 121 cm³/mol. The molecule has 2 fully saturated rings. The highest BCUT2D eigenvalue weighted by Crippen LogP contribution is 2.50. The van der Waals surface area contributed by atoms with Gasteiger partial charge in [-0.05, 0) is 54.2 Å². The minimum absolute atomic E-state index is 0.101. The number of nitrogens with zero attached hydrogens (tertiary/aromatic N) is 1. The lowest BCUT2D eigenvalue weighted by Gasteiger charge is -2.50. The van der Waals surface area contributed by atoms with Crippen LogP contribution >= 0.6 is 23.2 Å². The van der Waals surface area contributed by atoms with Gasteiger partial charge in [-0.3, -0.25) is 9.59 Å². The molecule has 2 aliphatic rings. The van der Waals surface area contributed by atoms with Crippen molar-refractivity contribution in [3.63, 3.8) is 0 Å². The van der Waals surface area contributed by atoms with Gasteiger partial charge in [-0.1, -0.05) is 35.3 Å². The van der Waals surface area contributed by atoms with Crippen molar-refractivity contribution in [3.8, 4) is 0 Å². The molecular weight excluding hydrogens is 511 g/mol. The van der Waals surface area contributed by atoms with Crippen LogP contribution in [0.15, 0.2) is 42.5 Å². The Morgan fingerprint density at radius 2 is 1.63 bits per heavy atom. The smallest absolute Gasteiger partial charge is 0.368 e. The topological polar surface area (TPSA) is 69.6 Å². The van der Waals surface area contributed by atoms with Crippen LogP contribution in [0.1, 0.15) is 36.3 Å². The van der Waals surface area contributed by atoms with Crippen molar-refractivity contribution in [2.75, 3.05) is 19.6 Å². The van der Waals surface area contributed by atoms with Crippen LogP contribution in [0, 0.1) is 11.2 Å². The molecule has 4 rings (SSSR count). The summed E-state index contributed by atoms with van der Waals surface area (Å²) in [7, 11) is 0. The number of alkyl halides is 3. The lowest BCUT2D eigenvalue weighted by molar-refractivity contribution is -0.262. The number of carbonyl (C=O) groups excluding carboxylic acids is 2. The Bertz CT molecular complexity index is 1110. The predicted octanol–water partition coefficient (Wildman–Crippen LogP) is 4.79. The number of rotatable bonds is 3. The van der Waals surface area contributed by atoms with E-state index in [4.69, 9.17) is 23.2 Å². The maximum Gasteiger partial charge on any atom is 0.430 e. The second-order valence-corrected chi connectivity index (χ2v) is 9.98. The Balaban J connectivity index is 1.62. The molecule has 2 saturated heterocycles. The van der Waals surface area contributed by atoms with E-state index in [0.717, 1.165) is 22.6 Å². The SMILES string of the molecule is O=C1CC2(CCN(C(=O)C(O)(c3cc(Cl)cc(Cl)c3)C(F)(F)F)CC2)[C@H](c2ccc(F)cc2)CN1. The van der Waals surface area contributed by atoms with Crippen LogP contribution in [-0.2, 0) is 15.2 Å². The minimum Gasteiger partial charge on any atom is -0.368 e. The fourth-order valence-electron chi connectivity index (χ4n) is 5.18. The van der Waals surface area contributed by atoms with Crippen LogP contribution in [0.2, 0.25) is 10.0 Å². The molecule has 0 aliphatic carbocycles. The first-order valence-corrected chi connectivity index (χ1v) is 11.7. The Hall–Kier alpha value is -2.36. The van der Waals surface area contributed by atoms with E-state index in [9.17, 15) is 32.3 Å². The summed E-state index contributed by atoms with van der Waals surface area (Å²) in [6.45, 7) is 0.0961. The molecule has 2 N–H and O–H groups in total. The summed E-state index contributed by atoms with van der Waals surface area (Å²) >= 11 is 11.7. The molecule has 2 aromatic carbocycles. The van der Waals surface area contributed by atoms with Crippen LogP contribution in [0.25, 0.3) is 0 Å². The zero-order chi connectivity index (χ0) is 25.6. The average molecular weight is 533 g/mol. The van der Waals surface area contributed by atoms with Crippen molar-refractivity contribution >= 4 is 35.0 Å². The molecule has 2 aliphatic heterocycles. The van der Waals surface area contributed by atoms with Crippen molar-refractivity contribution < 1.29 is 32.3 Å². The van der Waals surface area contributed by atoms with Crippen molar-refractivity contribution in [2.45, 2.75) is 37.0 Å². The zero-order valence-electron chi connectivity index (χ0n) is 18.3. The molecule has 1 spiro atoms. The third kappa shape index (κ3) is 4.73. The Morgan fingerprint density at radius 1 is 1.06 bits per heavy atom. The summed E-state index contributed by atoms with van der Waals surface area (Å²) in [6.07, 6.45) is -4.74. The van der Waals surface area contributed by atoms with Gasteiger partial charge in [0.15, 0.2) is 0 Å². The first-order valence-electron chi connectivity index (χ1n) is 10.9. The van der Waals surface area contributed by atoms with E-state index in [2.05, 4.69) is 5.32 Å². The van der Waals surface area contributed by atoms with Gasteiger partial charge >= 0.3 is 6.18 Å². The maximum atomic E-state index is 14.1. The number of carbonyl (C=O) groups is 2. The van der Waals surface area contributed by atoms with Gasteiger partial charge in [0, 0.05) is 47.6 Å². The molecule has 2 atom stereocenters. The molecule has 2 heterocycles. The molecule has 0 aromatic heterocycles. The number of likely N-dealkylation sites (tertiary alicyclic amines) is 1. The highest BCUT2D eigenvalue weighted by Gasteiger charge is 2.63. The van der Waals surface area contributed by atoms with Gasteiger partial charge in [-0.15, -0.1) is 0 Å². The Kier molecular flexibility index (Phi) is 6.81. The van der Waals surface area contributed by atoms with E-state index in [1.807, 2.05) is 0 Å². The van der Waals surface area contributed by atoms with E-state index in [0.29, 0.717) is 6.54 Å². The van der Waals surface area contributed by atoms with Gasteiger partial charge in [0.25, 0.3) is 11.5 Å². The third-order valence-electron chi connectivity index (χ3n) is 7.07. The summed E-state index contributed by atoms with van der Waals surface area (Å²) in [5.41, 5.74) is -4.43. The van der Waals surface area contributed by atoms with Crippen molar-refractivity contribution in [1.29, 1.82) is 0 Å². The molecule has 0 radical (unpaired) electrons.